The van der Waals surface area contributed by atoms with Crippen molar-refractivity contribution in [2.45, 2.75) is 18.3 Å². The number of hydrogen-bond acceptors (Lipinski definition) is 6. The van der Waals surface area contributed by atoms with Crippen molar-refractivity contribution in [2.24, 2.45) is 10.2 Å². The molecule has 1 fully saturated rings. The van der Waals surface area contributed by atoms with Gasteiger partial charge >= 0.3 is 5.97 Å². The average molecular weight is 383 g/mol. The zero-order chi connectivity index (χ0) is 19.1. The molecule has 0 aliphatic carbocycles. The van der Waals surface area contributed by atoms with Crippen LogP contribution in [0.3, 0.4) is 0 Å². The molecule has 1 amide bonds. The van der Waals surface area contributed by atoms with Crippen molar-refractivity contribution >= 4 is 35.0 Å². The third-order valence-electron chi connectivity index (χ3n) is 3.67. The van der Waals surface area contributed by atoms with Gasteiger partial charge in [0, 0.05) is 5.56 Å². The van der Waals surface area contributed by atoms with Gasteiger partial charge in [-0.15, -0.1) is 5.10 Å². The van der Waals surface area contributed by atoms with Gasteiger partial charge in [0.05, 0.1) is 12.6 Å². The molecule has 8 heteroatoms. The number of carbonyl (C=O) groups is 2. The average Bonchev–Trinajstić information content (AvgIpc) is 3.00. The summed E-state index contributed by atoms with van der Waals surface area (Å²) in [4.78, 5) is 22.4. The molecule has 0 bridgehead atoms. The maximum Gasteiger partial charge on any atom is 0.305 e. The van der Waals surface area contributed by atoms with Crippen molar-refractivity contribution in [3.8, 4) is 5.75 Å². The van der Waals surface area contributed by atoms with Crippen LogP contribution in [0.2, 0.25) is 0 Å². The SMILES string of the molecule is O=C(O)CC1SC(=NN=Cc2ccccc2COc2ccccc2)NC1=O. The lowest BCUT2D eigenvalue weighted by atomic mass is 10.1. The number of carboxylic acid groups (broad SMARTS) is 1. The molecular weight excluding hydrogens is 366 g/mol. The van der Waals surface area contributed by atoms with Crippen LogP contribution in [0.15, 0.2) is 64.8 Å². The number of thioether (sulfide) groups is 1. The van der Waals surface area contributed by atoms with Crippen LogP contribution in [0.4, 0.5) is 0 Å². The minimum Gasteiger partial charge on any atom is -0.489 e. The van der Waals surface area contributed by atoms with E-state index in [-0.39, 0.29) is 12.3 Å². The van der Waals surface area contributed by atoms with Crippen LogP contribution in [0.25, 0.3) is 0 Å². The van der Waals surface area contributed by atoms with Crippen LogP contribution in [-0.2, 0) is 16.2 Å². The van der Waals surface area contributed by atoms with Crippen molar-refractivity contribution < 1.29 is 19.4 Å². The molecular formula is C19H17N3O4S. The first kappa shape index (κ1) is 18.7. The van der Waals surface area contributed by atoms with Crippen LogP contribution in [0.5, 0.6) is 5.75 Å². The fourth-order valence-electron chi connectivity index (χ4n) is 2.36. The molecule has 2 N–H and O–H groups in total. The first-order chi connectivity index (χ1) is 13.1. The standard InChI is InChI=1S/C19H17N3O4S/c23-17(24)10-16-18(25)21-19(27-16)22-20-11-13-6-4-5-7-14(13)12-26-15-8-2-1-3-9-15/h1-9,11,16H,10,12H2,(H,23,24)(H,21,22,25). The van der Waals surface area contributed by atoms with E-state index in [1.165, 1.54) is 0 Å². The monoisotopic (exact) mass is 383 g/mol. The number of aliphatic carboxylic acids is 1. The Morgan fingerprint density at radius 1 is 1.19 bits per heavy atom. The van der Waals surface area contributed by atoms with Gasteiger partial charge in [0.1, 0.15) is 17.6 Å². The smallest absolute Gasteiger partial charge is 0.305 e. The topological polar surface area (TPSA) is 100 Å². The third-order valence-corrected chi connectivity index (χ3v) is 4.75. The Labute approximate surface area is 160 Å². The number of nitrogens with one attached hydrogen (secondary N) is 1. The minimum absolute atomic E-state index is 0.251. The largest absolute Gasteiger partial charge is 0.489 e. The highest BCUT2D eigenvalue weighted by molar-refractivity contribution is 8.15. The number of nitrogens with zero attached hydrogens (tertiary/aromatic N) is 2. The van der Waals surface area contributed by atoms with E-state index in [1.807, 2.05) is 54.6 Å². The van der Waals surface area contributed by atoms with Crippen molar-refractivity contribution in [2.75, 3.05) is 0 Å². The van der Waals surface area contributed by atoms with Crippen LogP contribution >= 0.6 is 11.8 Å². The fraction of sp³-hybridized carbons (Fsp3) is 0.158. The molecule has 27 heavy (non-hydrogen) atoms. The highest BCUT2D eigenvalue weighted by Gasteiger charge is 2.32. The van der Waals surface area contributed by atoms with Gasteiger partial charge in [-0.05, 0) is 17.7 Å². The van der Waals surface area contributed by atoms with E-state index in [0.29, 0.717) is 11.8 Å². The number of hydrogen-bond donors (Lipinski definition) is 2. The zero-order valence-electron chi connectivity index (χ0n) is 14.2. The van der Waals surface area contributed by atoms with Gasteiger partial charge in [0.15, 0.2) is 5.17 Å². The maximum atomic E-state index is 11.7. The fourth-order valence-corrected chi connectivity index (χ4v) is 3.27. The number of carbonyl (C=O) groups excluding carboxylic acids is 1. The maximum absolute atomic E-state index is 11.7. The number of benzene rings is 2. The summed E-state index contributed by atoms with van der Waals surface area (Å²) in [6, 6.07) is 17.1. The third kappa shape index (κ3) is 5.42. The van der Waals surface area contributed by atoms with Gasteiger partial charge < -0.3 is 15.2 Å². The van der Waals surface area contributed by atoms with Crippen LogP contribution in [-0.4, -0.2) is 33.6 Å². The van der Waals surface area contributed by atoms with Crippen LogP contribution in [0.1, 0.15) is 17.5 Å². The van der Waals surface area contributed by atoms with Crippen LogP contribution in [0, 0.1) is 0 Å². The van der Waals surface area contributed by atoms with E-state index in [2.05, 4.69) is 15.5 Å². The Hall–Kier alpha value is -3.13. The lowest BCUT2D eigenvalue weighted by Gasteiger charge is -2.08. The van der Waals surface area contributed by atoms with Crippen molar-refractivity contribution in [3.63, 3.8) is 0 Å². The number of rotatable bonds is 7. The second kappa shape index (κ2) is 9.00. The molecule has 1 saturated heterocycles. The number of carboxylic acids is 1. The van der Waals surface area contributed by atoms with E-state index in [1.54, 1.807) is 6.21 Å². The Kier molecular flexibility index (Phi) is 6.22. The Bertz CT molecular complexity index is 884. The number of amides is 1. The van der Waals surface area contributed by atoms with Crippen molar-refractivity contribution in [1.82, 2.24) is 5.32 Å². The summed E-state index contributed by atoms with van der Waals surface area (Å²) in [5.74, 6) is -0.619. The Balaban J connectivity index is 1.64. The molecule has 0 spiro atoms. The number of para-hydroxylation sites is 1. The molecule has 1 aliphatic rings. The first-order valence-corrected chi connectivity index (χ1v) is 9.06. The summed E-state index contributed by atoms with van der Waals surface area (Å²) in [6.07, 6.45) is 1.33. The quantitative estimate of drug-likeness (QED) is 0.566. The number of ether oxygens (including phenoxy) is 1. The lowest BCUT2D eigenvalue weighted by Crippen LogP contribution is -2.26. The van der Waals surface area contributed by atoms with Gasteiger partial charge in [0.2, 0.25) is 5.91 Å². The summed E-state index contributed by atoms with van der Waals surface area (Å²) in [5.41, 5.74) is 1.78. The minimum atomic E-state index is -1.03. The van der Waals surface area contributed by atoms with E-state index in [9.17, 15) is 9.59 Å². The molecule has 1 aliphatic heterocycles. The second-order valence-electron chi connectivity index (χ2n) is 5.64. The summed E-state index contributed by atoms with van der Waals surface area (Å²) in [7, 11) is 0. The van der Waals surface area contributed by atoms with E-state index in [4.69, 9.17) is 9.84 Å². The molecule has 2 aromatic carbocycles. The highest BCUT2D eigenvalue weighted by atomic mass is 32.2. The van der Waals surface area contributed by atoms with E-state index >= 15 is 0 Å². The number of amidine groups is 1. The summed E-state index contributed by atoms with van der Waals surface area (Å²) < 4.78 is 5.76. The van der Waals surface area contributed by atoms with Gasteiger partial charge in [0.25, 0.3) is 0 Å². The molecule has 0 aromatic heterocycles. The molecule has 1 heterocycles. The summed E-state index contributed by atoms with van der Waals surface area (Å²) in [5, 5.41) is 18.9. The summed E-state index contributed by atoms with van der Waals surface area (Å²) in [6.45, 7) is 0.384. The molecule has 3 rings (SSSR count). The van der Waals surface area contributed by atoms with Gasteiger partial charge in [-0.3, -0.25) is 9.59 Å². The molecule has 2 aromatic rings. The van der Waals surface area contributed by atoms with Crippen LogP contribution < -0.4 is 10.1 Å². The van der Waals surface area contributed by atoms with E-state index in [0.717, 1.165) is 28.6 Å². The lowest BCUT2D eigenvalue weighted by molar-refractivity contribution is -0.138. The Morgan fingerprint density at radius 3 is 2.70 bits per heavy atom. The van der Waals surface area contributed by atoms with Crippen molar-refractivity contribution in [1.29, 1.82) is 0 Å². The Morgan fingerprint density at radius 2 is 1.93 bits per heavy atom. The first-order valence-electron chi connectivity index (χ1n) is 8.18. The predicted molar refractivity (Wildman–Crippen MR) is 104 cm³/mol. The van der Waals surface area contributed by atoms with Gasteiger partial charge in [-0.1, -0.05) is 54.2 Å². The van der Waals surface area contributed by atoms with Gasteiger partial charge in [-0.25, -0.2) is 0 Å². The highest BCUT2D eigenvalue weighted by Crippen LogP contribution is 2.22. The predicted octanol–water partition coefficient (Wildman–Crippen LogP) is 2.66. The summed E-state index contributed by atoms with van der Waals surface area (Å²) >= 11 is 1.06. The molecule has 138 valence electrons. The molecule has 0 radical (unpaired) electrons. The second-order valence-corrected chi connectivity index (χ2v) is 6.84. The van der Waals surface area contributed by atoms with E-state index < -0.39 is 11.2 Å². The van der Waals surface area contributed by atoms with Gasteiger partial charge in [-0.2, -0.15) is 5.10 Å². The molecule has 7 nitrogen and oxygen atoms in total. The molecule has 0 saturated carbocycles. The molecule has 1 unspecified atom stereocenters. The normalized spacial score (nSPS) is 18.0. The van der Waals surface area contributed by atoms with Crippen molar-refractivity contribution in [3.05, 3.63) is 65.7 Å². The zero-order valence-corrected chi connectivity index (χ0v) is 15.1. The molecule has 1 atom stereocenters.